The number of rotatable bonds is 8. The summed E-state index contributed by atoms with van der Waals surface area (Å²) < 4.78 is 16.6. The minimum atomic E-state index is -0.757. The molecule has 2 amide bonds. The number of aryl methyl sites for hydroxylation is 1. The van der Waals surface area contributed by atoms with E-state index in [-0.39, 0.29) is 0 Å². The Morgan fingerprint density at radius 3 is 2.73 bits per heavy atom. The van der Waals surface area contributed by atoms with Crippen molar-refractivity contribution in [2.45, 2.75) is 6.92 Å². The smallest absolute Gasteiger partial charge is 0.332 e. The second-order valence-corrected chi connectivity index (χ2v) is 5.69. The van der Waals surface area contributed by atoms with Gasteiger partial charge in [-0.05, 0) is 42.3 Å². The highest BCUT2D eigenvalue weighted by Gasteiger charge is 2.11. The first kappa shape index (κ1) is 19.4. The largest absolute Gasteiger partial charge is 0.493 e. The van der Waals surface area contributed by atoms with Crippen LogP contribution in [0.1, 0.15) is 11.1 Å². The van der Waals surface area contributed by atoms with Crippen LogP contribution in [0.3, 0.4) is 0 Å². The number of hydrogen-bond acceptors (Lipinski definition) is 5. The Kier molecular flexibility index (Phi) is 7.11. The molecule has 26 heavy (non-hydrogen) atoms. The first-order valence-electron chi connectivity index (χ1n) is 7.78. The predicted octanol–water partition coefficient (Wildman–Crippen LogP) is 3.12. The molecule has 3 N–H and O–H groups in total. The number of hydrazone groups is 1. The fraction of sp³-hybridized carbons (Fsp3) is 0.222. The number of methoxy groups -OCH3 is 1. The van der Waals surface area contributed by atoms with Gasteiger partial charge in [-0.3, -0.25) is 0 Å². The molecular formula is C18H20ClN3O4. The lowest BCUT2D eigenvalue weighted by Crippen LogP contribution is -2.24. The number of nitrogens with zero attached hydrogens (tertiary/aromatic N) is 1. The maximum atomic E-state index is 10.6. The minimum absolute atomic E-state index is 0.292. The van der Waals surface area contributed by atoms with Crippen molar-refractivity contribution in [3.8, 4) is 17.2 Å². The molecule has 2 aromatic carbocycles. The normalized spacial score (nSPS) is 10.6. The maximum Gasteiger partial charge on any atom is 0.332 e. The summed E-state index contributed by atoms with van der Waals surface area (Å²) in [6, 6.07) is 10.3. The summed E-state index contributed by atoms with van der Waals surface area (Å²) in [4.78, 5) is 10.6. The van der Waals surface area contributed by atoms with E-state index in [1.54, 1.807) is 12.1 Å². The van der Waals surface area contributed by atoms with Gasteiger partial charge in [0, 0.05) is 0 Å². The third-order valence-electron chi connectivity index (χ3n) is 3.23. The van der Waals surface area contributed by atoms with Crippen molar-refractivity contribution in [2.75, 3.05) is 20.3 Å². The number of nitrogens with two attached hydrogens (primary N) is 1. The van der Waals surface area contributed by atoms with Crippen molar-refractivity contribution >= 4 is 23.8 Å². The van der Waals surface area contributed by atoms with Crippen molar-refractivity contribution < 1.29 is 19.0 Å². The van der Waals surface area contributed by atoms with Crippen molar-refractivity contribution in [1.82, 2.24) is 5.43 Å². The molecule has 8 heteroatoms. The summed E-state index contributed by atoms with van der Waals surface area (Å²) in [6.45, 7) is 2.65. The van der Waals surface area contributed by atoms with Gasteiger partial charge in [-0.15, -0.1) is 0 Å². The van der Waals surface area contributed by atoms with E-state index >= 15 is 0 Å². The molecule has 0 aliphatic heterocycles. The number of amides is 2. The zero-order chi connectivity index (χ0) is 18.9. The van der Waals surface area contributed by atoms with Crippen molar-refractivity contribution in [3.63, 3.8) is 0 Å². The molecule has 0 spiro atoms. The van der Waals surface area contributed by atoms with E-state index < -0.39 is 6.03 Å². The molecule has 0 unspecified atom stereocenters. The van der Waals surface area contributed by atoms with Gasteiger partial charge >= 0.3 is 6.03 Å². The molecule has 0 bridgehead atoms. The topological polar surface area (TPSA) is 95.2 Å². The molecule has 0 aliphatic carbocycles. The number of primary amides is 1. The van der Waals surface area contributed by atoms with Gasteiger partial charge in [0.2, 0.25) is 0 Å². The molecule has 0 aromatic heterocycles. The molecule has 0 saturated carbocycles. The Hall–Kier alpha value is -2.93. The number of nitrogens with one attached hydrogen (secondary N) is 1. The summed E-state index contributed by atoms with van der Waals surface area (Å²) in [5.74, 6) is 1.62. The SMILES string of the molecule is COc1cc(C=NNC(N)=O)cc(Cl)c1OCCOc1cccc(C)c1. The summed E-state index contributed by atoms with van der Waals surface area (Å²) in [5.41, 5.74) is 8.78. The lowest BCUT2D eigenvalue weighted by Gasteiger charge is -2.14. The van der Waals surface area contributed by atoms with Gasteiger partial charge < -0.3 is 19.9 Å². The van der Waals surface area contributed by atoms with Crippen molar-refractivity contribution in [2.24, 2.45) is 10.8 Å². The van der Waals surface area contributed by atoms with E-state index in [0.29, 0.717) is 35.3 Å². The second kappa shape index (κ2) is 9.53. The number of halogens is 1. The Labute approximate surface area is 156 Å². The van der Waals surface area contributed by atoms with Gasteiger partial charge in [0.05, 0.1) is 18.3 Å². The van der Waals surface area contributed by atoms with Gasteiger partial charge in [-0.25, -0.2) is 10.2 Å². The summed E-state index contributed by atoms with van der Waals surface area (Å²) in [5, 5.41) is 4.03. The first-order valence-corrected chi connectivity index (χ1v) is 8.15. The lowest BCUT2D eigenvalue weighted by atomic mass is 10.2. The van der Waals surface area contributed by atoms with Crippen LogP contribution in [0, 0.1) is 6.92 Å². The van der Waals surface area contributed by atoms with Crippen LogP contribution in [-0.4, -0.2) is 32.6 Å². The number of carbonyl (C=O) groups is 1. The summed E-state index contributed by atoms with van der Waals surface area (Å²) >= 11 is 6.25. The van der Waals surface area contributed by atoms with Crippen LogP contribution in [0.15, 0.2) is 41.5 Å². The van der Waals surface area contributed by atoms with Gasteiger partial charge in [0.15, 0.2) is 11.5 Å². The fourth-order valence-electron chi connectivity index (χ4n) is 2.13. The van der Waals surface area contributed by atoms with Crippen LogP contribution < -0.4 is 25.4 Å². The number of hydrogen-bond donors (Lipinski definition) is 2. The monoisotopic (exact) mass is 377 g/mol. The van der Waals surface area contributed by atoms with Crippen molar-refractivity contribution in [1.29, 1.82) is 0 Å². The van der Waals surface area contributed by atoms with E-state index in [9.17, 15) is 4.79 Å². The summed E-state index contributed by atoms with van der Waals surface area (Å²) in [7, 11) is 1.50. The Balaban J connectivity index is 1.97. The molecule has 0 aliphatic rings. The van der Waals surface area contributed by atoms with Crippen LogP contribution in [0.4, 0.5) is 4.79 Å². The Morgan fingerprint density at radius 2 is 2.04 bits per heavy atom. The third kappa shape index (κ3) is 5.86. The molecule has 0 fully saturated rings. The van der Waals surface area contributed by atoms with E-state index in [2.05, 4.69) is 10.5 Å². The Morgan fingerprint density at radius 1 is 1.27 bits per heavy atom. The second-order valence-electron chi connectivity index (χ2n) is 5.28. The average molecular weight is 378 g/mol. The molecular weight excluding hydrogens is 358 g/mol. The number of urea groups is 1. The van der Waals surface area contributed by atoms with Crippen LogP contribution in [-0.2, 0) is 0 Å². The molecule has 2 aromatic rings. The fourth-order valence-corrected chi connectivity index (χ4v) is 2.41. The highest BCUT2D eigenvalue weighted by molar-refractivity contribution is 6.32. The highest BCUT2D eigenvalue weighted by Crippen LogP contribution is 2.36. The standard InChI is InChI=1S/C18H20ClN3O4/c1-12-4-3-5-14(8-12)25-6-7-26-17-15(19)9-13(10-16(17)24-2)11-21-22-18(20)23/h3-5,8-11H,6-7H2,1-2H3,(H3,20,22,23). The molecule has 0 heterocycles. The zero-order valence-electron chi connectivity index (χ0n) is 14.5. The summed E-state index contributed by atoms with van der Waals surface area (Å²) in [6.07, 6.45) is 1.39. The molecule has 0 atom stereocenters. The van der Waals surface area contributed by atoms with Crippen LogP contribution in [0.2, 0.25) is 5.02 Å². The predicted molar refractivity (Wildman–Crippen MR) is 100 cm³/mol. The number of carbonyl (C=O) groups excluding carboxylic acids is 1. The lowest BCUT2D eigenvalue weighted by molar-refractivity contribution is 0.211. The molecule has 7 nitrogen and oxygen atoms in total. The average Bonchev–Trinajstić information content (AvgIpc) is 2.59. The van der Waals surface area contributed by atoms with Crippen LogP contribution in [0.5, 0.6) is 17.2 Å². The van der Waals surface area contributed by atoms with E-state index in [4.69, 9.17) is 31.5 Å². The molecule has 0 radical (unpaired) electrons. The Bertz CT molecular complexity index is 796. The molecule has 2 rings (SSSR count). The highest BCUT2D eigenvalue weighted by atomic mass is 35.5. The van der Waals surface area contributed by atoms with Gasteiger partial charge in [0.1, 0.15) is 19.0 Å². The molecule has 0 saturated heterocycles. The number of ether oxygens (including phenoxy) is 3. The van der Waals surface area contributed by atoms with Crippen LogP contribution in [0.25, 0.3) is 0 Å². The van der Waals surface area contributed by atoms with E-state index in [0.717, 1.165) is 11.3 Å². The number of benzene rings is 2. The third-order valence-corrected chi connectivity index (χ3v) is 3.51. The van der Waals surface area contributed by atoms with Crippen LogP contribution >= 0.6 is 11.6 Å². The quantitative estimate of drug-likeness (QED) is 0.419. The van der Waals surface area contributed by atoms with Crippen molar-refractivity contribution in [3.05, 3.63) is 52.5 Å². The van der Waals surface area contributed by atoms with Gasteiger partial charge in [-0.2, -0.15) is 5.10 Å². The zero-order valence-corrected chi connectivity index (χ0v) is 15.2. The van der Waals surface area contributed by atoms with Gasteiger partial charge in [-0.1, -0.05) is 23.7 Å². The first-order chi connectivity index (χ1) is 12.5. The minimum Gasteiger partial charge on any atom is -0.493 e. The van der Waals surface area contributed by atoms with E-state index in [1.807, 2.05) is 31.2 Å². The molecule has 138 valence electrons. The maximum absolute atomic E-state index is 10.6. The van der Waals surface area contributed by atoms with E-state index in [1.165, 1.54) is 13.3 Å². The van der Waals surface area contributed by atoms with Gasteiger partial charge in [0.25, 0.3) is 0 Å².